The first-order valence-electron chi connectivity index (χ1n) is 7.98. The minimum absolute atomic E-state index is 0.0782. The number of amides is 1. The number of thiophene rings is 1. The van der Waals surface area contributed by atoms with Gasteiger partial charge in [-0.2, -0.15) is 0 Å². The number of carbonyl (C=O) groups is 1. The molecule has 0 fully saturated rings. The second-order valence-electron chi connectivity index (χ2n) is 6.00. The van der Waals surface area contributed by atoms with Crippen LogP contribution >= 0.6 is 38.6 Å². The SMILES string of the molecule is Cc1cc(C)c2sc(N(Cc3ccco3)C(=O)c3ccc(Br)s3)nc2c1. The van der Waals surface area contributed by atoms with E-state index in [-0.39, 0.29) is 5.91 Å². The number of anilines is 1. The van der Waals surface area contributed by atoms with E-state index in [9.17, 15) is 4.79 Å². The van der Waals surface area contributed by atoms with E-state index in [1.54, 1.807) is 11.2 Å². The van der Waals surface area contributed by atoms with Crippen molar-refractivity contribution >= 4 is 59.9 Å². The lowest BCUT2D eigenvalue weighted by atomic mass is 10.1. The quantitative estimate of drug-likeness (QED) is 0.376. The number of hydrogen-bond acceptors (Lipinski definition) is 5. The lowest BCUT2D eigenvalue weighted by Crippen LogP contribution is -2.29. The Labute approximate surface area is 167 Å². The van der Waals surface area contributed by atoms with Crippen molar-refractivity contribution in [3.63, 3.8) is 0 Å². The molecule has 132 valence electrons. The van der Waals surface area contributed by atoms with Crippen molar-refractivity contribution in [1.82, 2.24) is 4.98 Å². The molecule has 0 atom stereocenters. The molecule has 4 nitrogen and oxygen atoms in total. The Kier molecular flexibility index (Phi) is 4.69. The van der Waals surface area contributed by atoms with E-state index >= 15 is 0 Å². The lowest BCUT2D eigenvalue weighted by molar-refractivity contribution is 0.0987. The Bertz CT molecular complexity index is 1080. The van der Waals surface area contributed by atoms with Gasteiger partial charge in [0.05, 0.1) is 31.7 Å². The van der Waals surface area contributed by atoms with Gasteiger partial charge in [0.2, 0.25) is 0 Å². The van der Waals surface area contributed by atoms with Crippen LogP contribution in [0.4, 0.5) is 5.13 Å². The first-order valence-corrected chi connectivity index (χ1v) is 10.4. The molecule has 0 saturated heterocycles. The summed E-state index contributed by atoms with van der Waals surface area (Å²) in [5.41, 5.74) is 3.26. The molecule has 0 radical (unpaired) electrons. The van der Waals surface area contributed by atoms with Crippen LogP contribution in [0.25, 0.3) is 10.2 Å². The molecular weight excluding hydrogens is 432 g/mol. The molecule has 0 saturated carbocycles. The van der Waals surface area contributed by atoms with Crippen LogP contribution in [-0.2, 0) is 6.54 Å². The number of aryl methyl sites for hydroxylation is 2. The highest BCUT2D eigenvalue weighted by atomic mass is 79.9. The minimum atomic E-state index is -0.0782. The predicted octanol–water partition coefficient (Wildman–Crippen LogP) is 6.18. The highest BCUT2D eigenvalue weighted by molar-refractivity contribution is 9.11. The third kappa shape index (κ3) is 3.34. The van der Waals surface area contributed by atoms with Gasteiger partial charge in [0.25, 0.3) is 5.91 Å². The predicted molar refractivity (Wildman–Crippen MR) is 110 cm³/mol. The monoisotopic (exact) mass is 446 g/mol. The number of hydrogen-bond donors (Lipinski definition) is 0. The fourth-order valence-electron chi connectivity index (χ4n) is 2.83. The van der Waals surface area contributed by atoms with Crippen LogP contribution in [0, 0.1) is 13.8 Å². The van der Waals surface area contributed by atoms with Crippen LogP contribution in [-0.4, -0.2) is 10.9 Å². The van der Waals surface area contributed by atoms with Crippen LogP contribution in [0.1, 0.15) is 26.6 Å². The number of rotatable bonds is 4. The van der Waals surface area contributed by atoms with Crippen LogP contribution in [0.5, 0.6) is 0 Å². The molecule has 4 rings (SSSR count). The number of thiazole rings is 1. The molecular formula is C19H15BrN2O2S2. The summed E-state index contributed by atoms with van der Waals surface area (Å²) in [4.78, 5) is 20.3. The molecule has 3 heterocycles. The van der Waals surface area contributed by atoms with E-state index in [4.69, 9.17) is 9.40 Å². The second-order valence-corrected chi connectivity index (χ2v) is 9.44. The van der Waals surface area contributed by atoms with Gasteiger partial charge in [-0.25, -0.2) is 4.98 Å². The number of furan rings is 1. The van der Waals surface area contributed by atoms with E-state index in [0.29, 0.717) is 16.6 Å². The number of fused-ring (bicyclic) bond motifs is 1. The van der Waals surface area contributed by atoms with Gasteiger partial charge in [0.15, 0.2) is 5.13 Å². The van der Waals surface area contributed by atoms with Gasteiger partial charge in [0, 0.05) is 0 Å². The van der Waals surface area contributed by atoms with Crippen molar-refractivity contribution in [2.75, 3.05) is 4.90 Å². The number of aromatic nitrogens is 1. The average molecular weight is 447 g/mol. The summed E-state index contributed by atoms with van der Waals surface area (Å²) in [6, 6.07) is 11.6. The number of nitrogens with zero attached hydrogens (tertiary/aromatic N) is 2. The van der Waals surface area contributed by atoms with Crippen LogP contribution in [0.2, 0.25) is 0 Å². The van der Waals surface area contributed by atoms with Gasteiger partial charge in [-0.3, -0.25) is 9.69 Å². The largest absolute Gasteiger partial charge is 0.467 e. The van der Waals surface area contributed by atoms with Crippen molar-refractivity contribution < 1.29 is 9.21 Å². The maximum absolute atomic E-state index is 13.2. The maximum Gasteiger partial charge on any atom is 0.270 e. The Morgan fingerprint density at radius 3 is 2.77 bits per heavy atom. The second kappa shape index (κ2) is 6.98. The number of carbonyl (C=O) groups excluding carboxylic acids is 1. The Morgan fingerprint density at radius 1 is 1.23 bits per heavy atom. The normalized spacial score (nSPS) is 11.2. The van der Waals surface area contributed by atoms with Crippen molar-refractivity contribution in [3.8, 4) is 0 Å². The molecule has 1 amide bonds. The van der Waals surface area contributed by atoms with E-state index in [1.807, 2.05) is 24.3 Å². The molecule has 3 aromatic heterocycles. The van der Waals surface area contributed by atoms with Crippen molar-refractivity contribution in [1.29, 1.82) is 0 Å². The summed E-state index contributed by atoms with van der Waals surface area (Å²) in [5.74, 6) is 0.645. The first-order chi connectivity index (χ1) is 12.5. The molecule has 0 unspecified atom stereocenters. The first kappa shape index (κ1) is 17.5. The summed E-state index contributed by atoms with van der Waals surface area (Å²) in [5, 5.41) is 0.680. The van der Waals surface area contributed by atoms with Gasteiger partial charge in [-0.05, 0) is 71.2 Å². The lowest BCUT2D eigenvalue weighted by Gasteiger charge is -2.17. The molecule has 0 aliphatic rings. The molecule has 0 bridgehead atoms. The van der Waals surface area contributed by atoms with E-state index in [2.05, 4.69) is 41.9 Å². The molecule has 0 spiro atoms. The van der Waals surface area contributed by atoms with Gasteiger partial charge >= 0.3 is 0 Å². The standard InChI is InChI=1S/C19H15BrN2O2S2/c1-11-8-12(2)17-14(9-11)21-19(26-17)22(10-13-4-3-7-24-13)18(23)15-5-6-16(20)25-15/h3-9H,10H2,1-2H3. The van der Waals surface area contributed by atoms with Crippen LogP contribution in [0.15, 0.2) is 50.9 Å². The highest BCUT2D eigenvalue weighted by Crippen LogP contribution is 2.34. The third-order valence-corrected chi connectivity index (χ3v) is 6.80. The summed E-state index contributed by atoms with van der Waals surface area (Å²) < 4.78 is 7.50. The van der Waals surface area contributed by atoms with Crippen molar-refractivity contribution in [3.05, 3.63) is 68.2 Å². The fourth-order valence-corrected chi connectivity index (χ4v) is 5.18. The molecule has 1 aromatic carbocycles. The minimum Gasteiger partial charge on any atom is -0.467 e. The maximum atomic E-state index is 13.2. The number of benzene rings is 1. The van der Waals surface area contributed by atoms with Gasteiger partial charge in [-0.1, -0.05) is 17.4 Å². The Balaban J connectivity index is 1.79. The van der Waals surface area contributed by atoms with Gasteiger partial charge in [-0.15, -0.1) is 11.3 Å². The fraction of sp³-hybridized carbons (Fsp3) is 0.158. The summed E-state index contributed by atoms with van der Waals surface area (Å²) in [6.45, 7) is 4.48. The molecule has 0 aliphatic heterocycles. The third-order valence-electron chi connectivity index (χ3n) is 3.96. The molecule has 0 N–H and O–H groups in total. The molecule has 0 aliphatic carbocycles. The summed E-state index contributed by atoms with van der Waals surface area (Å²) >= 11 is 6.38. The zero-order valence-corrected chi connectivity index (χ0v) is 17.4. The van der Waals surface area contributed by atoms with Gasteiger partial charge < -0.3 is 4.42 Å². The smallest absolute Gasteiger partial charge is 0.270 e. The van der Waals surface area contributed by atoms with E-state index in [0.717, 1.165) is 25.3 Å². The average Bonchev–Trinajstić information content (AvgIpc) is 3.32. The molecule has 7 heteroatoms. The summed E-state index contributed by atoms with van der Waals surface area (Å²) in [7, 11) is 0. The zero-order chi connectivity index (χ0) is 18.3. The van der Waals surface area contributed by atoms with Crippen LogP contribution < -0.4 is 4.90 Å². The van der Waals surface area contributed by atoms with Crippen LogP contribution in [0.3, 0.4) is 0 Å². The molecule has 4 aromatic rings. The summed E-state index contributed by atoms with van der Waals surface area (Å²) in [6.07, 6.45) is 1.62. The Morgan fingerprint density at radius 2 is 2.08 bits per heavy atom. The van der Waals surface area contributed by atoms with E-state index < -0.39 is 0 Å². The topological polar surface area (TPSA) is 46.3 Å². The molecule has 26 heavy (non-hydrogen) atoms. The van der Waals surface area contributed by atoms with E-state index in [1.165, 1.54) is 28.2 Å². The highest BCUT2D eigenvalue weighted by Gasteiger charge is 2.24. The van der Waals surface area contributed by atoms with Crippen molar-refractivity contribution in [2.24, 2.45) is 0 Å². The van der Waals surface area contributed by atoms with Crippen molar-refractivity contribution in [2.45, 2.75) is 20.4 Å². The Hall–Kier alpha value is -1.96. The zero-order valence-electron chi connectivity index (χ0n) is 14.2. The number of halogens is 1. The van der Waals surface area contributed by atoms with Gasteiger partial charge in [0.1, 0.15) is 5.76 Å².